The summed E-state index contributed by atoms with van der Waals surface area (Å²) in [6.07, 6.45) is -0.224. The third kappa shape index (κ3) is 3.80. The number of hydrogen-bond acceptors (Lipinski definition) is 3. The van der Waals surface area contributed by atoms with E-state index < -0.39 is 0 Å². The van der Waals surface area contributed by atoms with Gasteiger partial charge in [0.25, 0.3) is 0 Å². The molecule has 1 aromatic carbocycles. The van der Waals surface area contributed by atoms with Crippen molar-refractivity contribution in [1.29, 1.82) is 0 Å². The summed E-state index contributed by atoms with van der Waals surface area (Å²) in [6.45, 7) is 8.49. The van der Waals surface area contributed by atoms with Crippen molar-refractivity contribution >= 4 is 0 Å². The molecule has 0 bridgehead atoms. The highest BCUT2D eigenvalue weighted by Crippen LogP contribution is 2.19. The van der Waals surface area contributed by atoms with E-state index in [0.717, 1.165) is 0 Å². The van der Waals surface area contributed by atoms with Crippen molar-refractivity contribution in [2.75, 3.05) is 14.2 Å². The summed E-state index contributed by atoms with van der Waals surface area (Å²) < 4.78 is 10.5. The molecule has 2 unspecified atom stereocenters. The van der Waals surface area contributed by atoms with Crippen LogP contribution in [0.15, 0.2) is 18.2 Å². The van der Waals surface area contributed by atoms with Gasteiger partial charge in [-0.15, -0.1) is 0 Å². The Bertz CT molecular complexity index is 375. The second-order valence-electron chi connectivity index (χ2n) is 4.88. The van der Waals surface area contributed by atoms with Crippen LogP contribution in [0.3, 0.4) is 0 Å². The van der Waals surface area contributed by atoms with Crippen LogP contribution in [0.4, 0.5) is 0 Å². The molecule has 18 heavy (non-hydrogen) atoms. The number of benzene rings is 1. The molecule has 3 heteroatoms. The standard InChI is InChI=1S/C15H25NO2/c1-10-7-8-14(11(2)9-10)12(3)16-13(4)15(17-5)18-6/h7-9,12-13,15-16H,1-6H3. The minimum Gasteiger partial charge on any atom is -0.354 e. The van der Waals surface area contributed by atoms with Gasteiger partial charge in [0.1, 0.15) is 0 Å². The highest BCUT2D eigenvalue weighted by Gasteiger charge is 2.19. The molecule has 3 nitrogen and oxygen atoms in total. The molecule has 0 saturated heterocycles. The van der Waals surface area contributed by atoms with Crippen LogP contribution in [0.25, 0.3) is 0 Å². The monoisotopic (exact) mass is 251 g/mol. The first-order valence-corrected chi connectivity index (χ1v) is 6.38. The van der Waals surface area contributed by atoms with E-state index in [-0.39, 0.29) is 18.4 Å². The number of hydrogen-bond donors (Lipinski definition) is 1. The highest BCUT2D eigenvalue weighted by atomic mass is 16.7. The minimum absolute atomic E-state index is 0.135. The van der Waals surface area contributed by atoms with Crippen LogP contribution in [0.5, 0.6) is 0 Å². The van der Waals surface area contributed by atoms with Gasteiger partial charge >= 0.3 is 0 Å². The molecule has 1 aromatic rings. The van der Waals surface area contributed by atoms with E-state index in [4.69, 9.17) is 9.47 Å². The summed E-state index contributed by atoms with van der Waals surface area (Å²) in [5.74, 6) is 0. The second-order valence-corrected chi connectivity index (χ2v) is 4.88. The lowest BCUT2D eigenvalue weighted by Gasteiger charge is -2.26. The predicted molar refractivity (Wildman–Crippen MR) is 74.7 cm³/mol. The smallest absolute Gasteiger partial charge is 0.171 e. The van der Waals surface area contributed by atoms with Gasteiger partial charge in [0.05, 0.1) is 6.04 Å². The number of ether oxygens (including phenoxy) is 2. The third-order valence-corrected chi connectivity index (χ3v) is 3.28. The van der Waals surface area contributed by atoms with E-state index in [1.54, 1.807) is 14.2 Å². The Labute approximate surface area is 110 Å². The summed E-state index contributed by atoms with van der Waals surface area (Å²) in [4.78, 5) is 0. The van der Waals surface area contributed by atoms with Crippen molar-refractivity contribution < 1.29 is 9.47 Å². The number of methoxy groups -OCH3 is 2. The van der Waals surface area contributed by atoms with Crippen LogP contribution in [-0.4, -0.2) is 26.6 Å². The molecule has 2 atom stereocenters. The summed E-state index contributed by atoms with van der Waals surface area (Å²) in [7, 11) is 3.32. The molecule has 0 spiro atoms. The molecule has 0 heterocycles. The average Bonchev–Trinajstić information content (AvgIpc) is 2.30. The topological polar surface area (TPSA) is 30.5 Å². The van der Waals surface area contributed by atoms with Crippen molar-refractivity contribution in [3.8, 4) is 0 Å². The molecular weight excluding hydrogens is 226 g/mol. The van der Waals surface area contributed by atoms with Gasteiger partial charge in [-0.3, -0.25) is 0 Å². The average molecular weight is 251 g/mol. The largest absolute Gasteiger partial charge is 0.354 e. The first-order valence-electron chi connectivity index (χ1n) is 6.38. The number of aryl methyl sites for hydroxylation is 2. The third-order valence-electron chi connectivity index (χ3n) is 3.28. The SMILES string of the molecule is COC(OC)C(C)NC(C)c1ccc(C)cc1C. The van der Waals surface area contributed by atoms with Crippen molar-refractivity contribution in [2.24, 2.45) is 0 Å². The summed E-state index contributed by atoms with van der Waals surface area (Å²) in [5, 5.41) is 3.51. The van der Waals surface area contributed by atoms with Crippen molar-refractivity contribution in [2.45, 2.75) is 46.1 Å². The highest BCUT2D eigenvalue weighted by molar-refractivity contribution is 5.32. The van der Waals surface area contributed by atoms with E-state index in [2.05, 4.69) is 51.2 Å². The van der Waals surface area contributed by atoms with Crippen LogP contribution in [0, 0.1) is 13.8 Å². The first kappa shape index (κ1) is 15.2. The molecule has 0 fully saturated rings. The van der Waals surface area contributed by atoms with Crippen molar-refractivity contribution in [1.82, 2.24) is 5.32 Å². The van der Waals surface area contributed by atoms with E-state index >= 15 is 0 Å². The number of rotatable bonds is 6. The lowest BCUT2D eigenvalue weighted by Crippen LogP contribution is -2.41. The van der Waals surface area contributed by atoms with Gasteiger partial charge in [-0.2, -0.15) is 0 Å². The number of nitrogens with one attached hydrogen (secondary N) is 1. The van der Waals surface area contributed by atoms with Gasteiger partial charge in [0.2, 0.25) is 0 Å². The zero-order valence-corrected chi connectivity index (χ0v) is 12.3. The van der Waals surface area contributed by atoms with Gasteiger partial charge in [-0.05, 0) is 38.8 Å². The summed E-state index contributed by atoms with van der Waals surface area (Å²) >= 11 is 0. The van der Waals surface area contributed by atoms with Crippen molar-refractivity contribution in [3.63, 3.8) is 0 Å². The lowest BCUT2D eigenvalue weighted by atomic mass is 10.00. The maximum Gasteiger partial charge on any atom is 0.171 e. The predicted octanol–water partition coefficient (Wildman–Crippen LogP) is 2.96. The van der Waals surface area contributed by atoms with Crippen LogP contribution < -0.4 is 5.32 Å². The van der Waals surface area contributed by atoms with Crippen LogP contribution in [0.2, 0.25) is 0 Å². The second kappa shape index (κ2) is 6.88. The molecule has 0 aromatic heterocycles. The van der Waals surface area contributed by atoms with Gasteiger partial charge < -0.3 is 14.8 Å². The van der Waals surface area contributed by atoms with Crippen LogP contribution >= 0.6 is 0 Å². The lowest BCUT2D eigenvalue weighted by molar-refractivity contribution is -0.120. The van der Waals surface area contributed by atoms with E-state index in [0.29, 0.717) is 0 Å². The Hall–Kier alpha value is -0.900. The van der Waals surface area contributed by atoms with Gasteiger partial charge in [-0.25, -0.2) is 0 Å². The zero-order chi connectivity index (χ0) is 13.7. The fourth-order valence-electron chi connectivity index (χ4n) is 2.38. The fraction of sp³-hybridized carbons (Fsp3) is 0.600. The van der Waals surface area contributed by atoms with Crippen LogP contribution in [-0.2, 0) is 9.47 Å². The Kier molecular flexibility index (Phi) is 5.79. The summed E-state index contributed by atoms with van der Waals surface area (Å²) in [5.41, 5.74) is 3.93. The Balaban J connectivity index is 2.72. The summed E-state index contributed by atoms with van der Waals surface area (Å²) in [6, 6.07) is 6.95. The molecule has 0 aliphatic heterocycles. The molecule has 102 valence electrons. The molecule has 1 rings (SSSR count). The van der Waals surface area contributed by atoms with Crippen molar-refractivity contribution in [3.05, 3.63) is 34.9 Å². The Morgan fingerprint density at radius 1 is 1.06 bits per heavy atom. The zero-order valence-electron chi connectivity index (χ0n) is 12.3. The quantitative estimate of drug-likeness (QED) is 0.788. The van der Waals surface area contributed by atoms with Gasteiger partial charge in [0, 0.05) is 20.3 Å². The molecule has 1 N–H and O–H groups in total. The molecule has 0 saturated carbocycles. The maximum absolute atomic E-state index is 5.26. The minimum atomic E-state index is -0.224. The molecule has 0 amide bonds. The molecule has 0 radical (unpaired) electrons. The molecular formula is C15H25NO2. The molecule has 0 aliphatic rings. The van der Waals surface area contributed by atoms with E-state index in [1.807, 2.05) is 0 Å². The first-order chi connectivity index (χ1) is 8.49. The van der Waals surface area contributed by atoms with E-state index in [9.17, 15) is 0 Å². The van der Waals surface area contributed by atoms with E-state index in [1.165, 1.54) is 16.7 Å². The van der Waals surface area contributed by atoms with Crippen LogP contribution in [0.1, 0.15) is 36.6 Å². The van der Waals surface area contributed by atoms with Gasteiger partial charge in [-0.1, -0.05) is 23.8 Å². The Morgan fingerprint density at radius 3 is 2.17 bits per heavy atom. The molecule has 0 aliphatic carbocycles. The normalized spacial score (nSPS) is 14.8. The Morgan fingerprint density at radius 2 is 1.67 bits per heavy atom. The fourth-order valence-corrected chi connectivity index (χ4v) is 2.38. The maximum atomic E-state index is 5.26. The van der Waals surface area contributed by atoms with Gasteiger partial charge in [0.15, 0.2) is 6.29 Å².